The van der Waals surface area contributed by atoms with Crippen molar-refractivity contribution in [2.75, 3.05) is 11.9 Å². The molecule has 7 heteroatoms. The summed E-state index contributed by atoms with van der Waals surface area (Å²) in [6, 6.07) is 15.7. The van der Waals surface area contributed by atoms with Gasteiger partial charge in [-0.15, -0.1) is 0 Å². The van der Waals surface area contributed by atoms with Gasteiger partial charge in [0.25, 0.3) is 0 Å². The van der Waals surface area contributed by atoms with Crippen LogP contribution in [-0.2, 0) is 21.6 Å². The van der Waals surface area contributed by atoms with Gasteiger partial charge in [0, 0.05) is 11.3 Å². The van der Waals surface area contributed by atoms with Crippen molar-refractivity contribution in [3.05, 3.63) is 82.8 Å². The highest BCUT2D eigenvalue weighted by atomic mass is 16.5. The Morgan fingerprint density at radius 3 is 2.57 bits per heavy atom. The molecule has 3 aromatic rings. The normalized spacial score (nSPS) is 15.4. The molecular weight excluding hydrogens is 440 g/mol. The Balaban J connectivity index is 1.64. The van der Waals surface area contributed by atoms with E-state index in [9.17, 15) is 4.79 Å². The van der Waals surface area contributed by atoms with E-state index < -0.39 is 6.04 Å². The van der Waals surface area contributed by atoms with Gasteiger partial charge in [0.2, 0.25) is 5.95 Å². The van der Waals surface area contributed by atoms with Crippen LogP contribution in [0.25, 0.3) is 0 Å². The minimum Gasteiger partial charge on any atom is -0.489 e. The van der Waals surface area contributed by atoms with Crippen LogP contribution in [0.15, 0.2) is 66.1 Å². The molecule has 0 bridgehead atoms. The summed E-state index contributed by atoms with van der Waals surface area (Å²) in [4.78, 5) is 17.5. The summed E-state index contributed by atoms with van der Waals surface area (Å²) in [5.74, 6) is 0.903. The van der Waals surface area contributed by atoms with Gasteiger partial charge in [-0.3, -0.25) is 0 Å². The van der Waals surface area contributed by atoms with Crippen molar-refractivity contribution >= 4 is 11.9 Å². The molecule has 1 aliphatic heterocycles. The highest BCUT2D eigenvalue weighted by Gasteiger charge is 2.36. The van der Waals surface area contributed by atoms with Crippen LogP contribution in [0.2, 0.25) is 0 Å². The number of carbonyl (C=O) groups excluding carboxylic acids is 1. The van der Waals surface area contributed by atoms with Crippen molar-refractivity contribution in [3.63, 3.8) is 0 Å². The SMILES string of the molecule is CCCCOC(=O)C1=C(C)Nc2ncnn2C1c1ccccc1OCc1ccc(C(C)(C)C)cc1. The topological polar surface area (TPSA) is 78.3 Å². The van der Waals surface area contributed by atoms with Gasteiger partial charge in [0.05, 0.1) is 12.2 Å². The van der Waals surface area contributed by atoms with Crippen LogP contribution >= 0.6 is 0 Å². The number of nitrogens with zero attached hydrogens (tertiary/aromatic N) is 3. The molecule has 1 atom stereocenters. The molecule has 4 rings (SSSR count). The van der Waals surface area contributed by atoms with Gasteiger partial charge in [-0.25, -0.2) is 9.48 Å². The lowest BCUT2D eigenvalue weighted by atomic mass is 9.87. The maximum absolute atomic E-state index is 13.2. The Bertz CT molecular complexity index is 1210. The molecule has 0 saturated carbocycles. The summed E-state index contributed by atoms with van der Waals surface area (Å²) in [7, 11) is 0. The number of benzene rings is 2. The number of allylic oxidation sites excluding steroid dienone is 1. The molecule has 1 N–H and O–H groups in total. The van der Waals surface area contributed by atoms with E-state index in [1.807, 2.05) is 31.2 Å². The Labute approximate surface area is 207 Å². The third kappa shape index (κ3) is 5.39. The van der Waals surface area contributed by atoms with Crippen LogP contribution in [-0.4, -0.2) is 27.3 Å². The fourth-order valence-corrected chi connectivity index (χ4v) is 4.13. The van der Waals surface area contributed by atoms with Gasteiger partial charge in [-0.1, -0.05) is 76.6 Å². The third-order valence-corrected chi connectivity index (χ3v) is 6.17. The number of esters is 1. The molecule has 0 saturated heterocycles. The van der Waals surface area contributed by atoms with Crippen molar-refractivity contribution in [1.82, 2.24) is 14.8 Å². The van der Waals surface area contributed by atoms with Gasteiger partial charge >= 0.3 is 5.97 Å². The maximum atomic E-state index is 13.2. The molecule has 0 aliphatic carbocycles. The van der Waals surface area contributed by atoms with Gasteiger partial charge < -0.3 is 14.8 Å². The summed E-state index contributed by atoms with van der Waals surface area (Å²) in [5, 5.41) is 7.60. The molecule has 2 aromatic carbocycles. The number of hydrogen-bond acceptors (Lipinski definition) is 6. The molecule has 2 heterocycles. The Kier molecular flexibility index (Phi) is 7.24. The van der Waals surface area contributed by atoms with Crippen molar-refractivity contribution in [2.24, 2.45) is 0 Å². The van der Waals surface area contributed by atoms with Gasteiger partial charge in [-0.2, -0.15) is 10.1 Å². The van der Waals surface area contributed by atoms with E-state index in [2.05, 4.69) is 67.4 Å². The predicted octanol–water partition coefficient (Wildman–Crippen LogP) is 5.79. The van der Waals surface area contributed by atoms with Gasteiger partial charge in [-0.05, 0) is 36.0 Å². The summed E-state index contributed by atoms with van der Waals surface area (Å²) >= 11 is 0. The van der Waals surface area contributed by atoms with E-state index >= 15 is 0 Å². The highest BCUT2D eigenvalue weighted by molar-refractivity contribution is 5.92. The second kappa shape index (κ2) is 10.3. The fourth-order valence-electron chi connectivity index (χ4n) is 4.13. The number of ether oxygens (including phenoxy) is 2. The first-order valence-electron chi connectivity index (χ1n) is 12.1. The molecule has 35 heavy (non-hydrogen) atoms. The molecule has 0 spiro atoms. The van der Waals surface area contributed by atoms with Crippen LogP contribution in [0.4, 0.5) is 5.95 Å². The average molecular weight is 475 g/mol. The molecule has 7 nitrogen and oxygen atoms in total. The van der Waals surface area contributed by atoms with Crippen LogP contribution in [0, 0.1) is 0 Å². The van der Waals surface area contributed by atoms with E-state index in [1.165, 1.54) is 11.9 Å². The van der Waals surface area contributed by atoms with E-state index in [-0.39, 0.29) is 11.4 Å². The number of nitrogens with one attached hydrogen (secondary N) is 1. The molecule has 1 unspecified atom stereocenters. The summed E-state index contributed by atoms with van der Waals surface area (Å²) < 4.78 is 13.6. The van der Waals surface area contributed by atoms with E-state index in [0.29, 0.717) is 36.2 Å². The quantitative estimate of drug-likeness (QED) is 0.329. The number of hydrogen-bond donors (Lipinski definition) is 1. The number of fused-ring (bicyclic) bond motifs is 1. The smallest absolute Gasteiger partial charge is 0.338 e. The lowest BCUT2D eigenvalue weighted by molar-refractivity contribution is -0.139. The van der Waals surface area contributed by atoms with E-state index in [4.69, 9.17) is 9.47 Å². The second-order valence-corrected chi connectivity index (χ2v) is 9.86. The minimum absolute atomic E-state index is 0.100. The predicted molar refractivity (Wildman–Crippen MR) is 136 cm³/mol. The first-order valence-corrected chi connectivity index (χ1v) is 12.1. The van der Waals surface area contributed by atoms with E-state index in [0.717, 1.165) is 24.0 Å². The number of para-hydroxylation sites is 1. The number of carbonyl (C=O) groups is 1. The minimum atomic E-state index is -0.512. The van der Waals surface area contributed by atoms with Crippen LogP contribution in [0.3, 0.4) is 0 Å². The van der Waals surface area contributed by atoms with Crippen molar-refractivity contribution in [1.29, 1.82) is 0 Å². The third-order valence-electron chi connectivity index (χ3n) is 6.17. The first-order chi connectivity index (χ1) is 16.8. The first kappa shape index (κ1) is 24.5. The largest absolute Gasteiger partial charge is 0.489 e. The lowest BCUT2D eigenvalue weighted by Gasteiger charge is -2.29. The summed E-state index contributed by atoms with van der Waals surface area (Å²) in [6.07, 6.45) is 3.25. The zero-order chi connectivity index (χ0) is 25.0. The van der Waals surface area contributed by atoms with Gasteiger partial charge in [0.1, 0.15) is 24.7 Å². The Hall–Kier alpha value is -3.61. The maximum Gasteiger partial charge on any atom is 0.338 e. The Morgan fingerprint density at radius 2 is 1.86 bits per heavy atom. The molecule has 1 aliphatic rings. The van der Waals surface area contributed by atoms with E-state index in [1.54, 1.807) is 4.68 Å². The zero-order valence-electron chi connectivity index (χ0n) is 21.2. The zero-order valence-corrected chi connectivity index (χ0v) is 21.2. The average Bonchev–Trinajstić information content (AvgIpc) is 3.30. The Morgan fingerprint density at radius 1 is 1.11 bits per heavy atom. The summed E-state index contributed by atoms with van der Waals surface area (Å²) in [5.41, 5.74) is 4.48. The molecule has 0 radical (unpaired) electrons. The molecule has 0 amide bonds. The monoisotopic (exact) mass is 474 g/mol. The molecule has 184 valence electrons. The molecule has 0 fully saturated rings. The number of aromatic nitrogens is 3. The highest BCUT2D eigenvalue weighted by Crippen LogP contribution is 2.39. The van der Waals surface area contributed by atoms with Crippen molar-refractivity contribution in [2.45, 2.75) is 65.5 Å². The van der Waals surface area contributed by atoms with Gasteiger partial charge in [0.15, 0.2) is 0 Å². The molecule has 1 aromatic heterocycles. The standard InChI is InChI=1S/C28H34N4O3/c1-6-7-16-34-26(33)24-19(2)31-27-29-18-30-32(27)25(24)22-10-8-9-11-23(22)35-17-20-12-14-21(15-13-20)28(3,4)5/h8-15,18,25H,6-7,16-17H2,1-5H3,(H,29,30,31). The van der Waals surface area contributed by atoms with Crippen molar-refractivity contribution in [3.8, 4) is 5.75 Å². The fraction of sp³-hybridized carbons (Fsp3) is 0.393. The number of rotatable bonds is 8. The summed E-state index contributed by atoms with van der Waals surface area (Å²) in [6.45, 7) is 11.3. The van der Waals surface area contributed by atoms with Crippen LogP contribution in [0.5, 0.6) is 5.75 Å². The number of unbranched alkanes of at least 4 members (excludes halogenated alkanes) is 1. The van der Waals surface area contributed by atoms with Crippen molar-refractivity contribution < 1.29 is 14.3 Å². The van der Waals surface area contributed by atoms with Crippen LogP contribution < -0.4 is 10.1 Å². The van der Waals surface area contributed by atoms with Crippen LogP contribution in [0.1, 0.15) is 70.2 Å². The number of anilines is 1. The molecular formula is C28H34N4O3. The lowest BCUT2D eigenvalue weighted by Crippen LogP contribution is -2.30. The second-order valence-electron chi connectivity index (χ2n) is 9.86.